The van der Waals surface area contributed by atoms with Gasteiger partial charge >= 0.3 is 18.2 Å². The molecular weight excluding hydrogens is 693 g/mol. The lowest BCUT2D eigenvalue weighted by Crippen LogP contribution is -2.57. The van der Waals surface area contributed by atoms with Crippen molar-refractivity contribution in [3.8, 4) is 0 Å². The van der Waals surface area contributed by atoms with Crippen LogP contribution in [-0.4, -0.2) is 123 Å². The van der Waals surface area contributed by atoms with Gasteiger partial charge in [0.2, 0.25) is 5.91 Å². The highest BCUT2D eigenvalue weighted by Gasteiger charge is 2.63. The molecular formula is C33H60N2O13SSi. The lowest BCUT2D eigenvalue weighted by Gasteiger charge is -2.40. The first-order valence-corrected chi connectivity index (χ1v) is 21.5. The van der Waals surface area contributed by atoms with Gasteiger partial charge in [-0.2, -0.15) is 8.42 Å². The van der Waals surface area contributed by atoms with Crippen molar-refractivity contribution in [1.29, 1.82) is 0 Å². The quantitative estimate of drug-likeness (QED) is 0.120. The van der Waals surface area contributed by atoms with Crippen molar-refractivity contribution < 1.29 is 59.9 Å². The van der Waals surface area contributed by atoms with E-state index in [0.29, 0.717) is 0 Å². The fraction of sp³-hybridized carbons (Fsp3) is 0.879. The number of carbonyl (C=O) groups is 4. The molecule has 0 radical (unpaired) electrons. The molecule has 17 heteroatoms. The molecule has 50 heavy (non-hydrogen) atoms. The number of rotatable bonds is 11. The molecule has 2 aliphatic rings. The van der Waals surface area contributed by atoms with E-state index in [0.717, 1.165) is 11.2 Å². The molecule has 0 N–H and O–H groups in total. The maximum atomic E-state index is 14.2. The fourth-order valence-corrected chi connectivity index (χ4v) is 7.20. The first-order chi connectivity index (χ1) is 22.2. The second kappa shape index (κ2) is 15.3. The third-order valence-corrected chi connectivity index (χ3v) is 13.6. The fourth-order valence-electron chi connectivity index (χ4n) is 5.54. The van der Waals surface area contributed by atoms with Crippen LogP contribution in [0.2, 0.25) is 18.1 Å². The third kappa shape index (κ3) is 12.4. The molecule has 0 bridgehead atoms. The Morgan fingerprint density at radius 1 is 0.900 bits per heavy atom. The molecule has 3 amide bonds. The number of esters is 1. The van der Waals surface area contributed by atoms with Crippen molar-refractivity contribution in [2.45, 2.75) is 168 Å². The van der Waals surface area contributed by atoms with Gasteiger partial charge in [-0.1, -0.05) is 20.8 Å². The Balaban J connectivity index is 2.75. The molecule has 2 fully saturated rings. The SMILES string of the molecule is CC(=O)O[C@@H](C[C@H](CO[Si](C)(C)C(C)(C)C)OS(C)(=O)=O)[C@@H]1[C@@H]2OC(C)(C)O[C@@H]2[C@@H](CN(C(C)=O)C(=O)OC(C)(C)C)N1C(=O)OC(C)(C)C. The first kappa shape index (κ1) is 43.8. The van der Waals surface area contributed by atoms with Gasteiger partial charge in [0.25, 0.3) is 10.1 Å². The zero-order valence-electron chi connectivity index (χ0n) is 32.7. The van der Waals surface area contributed by atoms with Crippen molar-refractivity contribution >= 4 is 42.5 Å². The zero-order chi connectivity index (χ0) is 39.0. The molecule has 0 unspecified atom stereocenters. The van der Waals surface area contributed by atoms with Gasteiger partial charge in [0.1, 0.15) is 41.7 Å². The second-order valence-corrected chi connectivity index (χ2v) is 23.4. The minimum Gasteiger partial charge on any atom is -0.460 e. The molecule has 2 rings (SSSR count). The van der Waals surface area contributed by atoms with Gasteiger partial charge in [0.05, 0.1) is 25.4 Å². The summed E-state index contributed by atoms with van der Waals surface area (Å²) in [6.45, 7) is 25.2. The number of carbonyl (C=O) groups excluding carboxylic acids is 4. The van der Waals surface area contributed by atoms with Crippen molar-refractivity contribution in [3.63, 3.8) is 0 Å². The number of hydrogen-bond acceptors (Lipinski definition) is 13. The highest BCUT2D eigenvalue weighted by molar-refractivity contribution is 7.86. The lowest BCUT2D eigenvalue weighted by atomic mass is 9.98. The Hall–Kier alpha value is -2.31. The Labute approximate surface area is 299 Å². The number of hydrogen-bond donors (Lipinski definition) is 0. The summed E-state index contributed by atoms with van der Waals surface area (Å²) in [6, 6.07) is -2.23. The van der Waals surface area contributed by atoms with E-state index in [1.54, 1.807) is 55.4 Å². The van der Waals surface area contributed by atoms with Crippen LogP contribution in [-0.2, 0) is 52.0 Å². The number of likely N-dealkylation sites (tertiary alicyclic amines) is 1. The van der Waals surface area contributed by atoms with Crippen molar-refractivity contribution in [2.75, 3.05) is 19.4 Å². The zero-order valence-corrected chi connectivity index (χ0v) is 34.5. The number of fused-ring (bicyclic) bond motifs is 1. The maximum Gasteiger partial charge on any atom is 0.417 e. The van der Waals surface area contributed by atoms with E-state index < -0.39 is 96.0 Å². The van der Waals surface area contributed by atoms with Crippen LogP contribution in [0.4, 0.5) is 9.59 Å². The number of imide groups is 1. The van der Waals surface area contributed by atoms with E-state index in [4.69, 9.17) is 32.3 Å². The molecule has 290 valence electrons. The predicted octanol–water partition coefficient (Wildman–Crippen LogP) is 4.97. The largest absolute Gasteiger partial charge is 0.460 e. The average Bonchev–Trinajstić information content (AvgIpc) is 3.31. The Morgan fingerprint density at radius 2 is 1.42 bits per heavy atom. The van der Waals surface area contributed by atoms with Crippen LogP contribution in [0, 0.1) is 0 Å². The highest BCUT2D eigenvalue weighted by Crippen LogP contribution is 2.44. The molecule has 0 aromatic rings. The molecule has 2 aliphatic heterocycles. The summed E-state index contributed by atoms with van der Waals surface area (Å²) in [6.07, 6.45) is -5.48. The molecule has 2 saturated heterocycles. The Bertz CT molecular complexity index is 1360. The Kier molecular flexibility index (Phi) is 13.5. The van der Waals surface area contributed by atoms with Crippen LogP contribution in [0.25, 0.3) is 0 Å². The summed E-state index contributed by atoms with van der Waals surface area (Å²) in [5.74, 6) is -2.57. The summed E-state index contributed by atoms with van der Waals surface area (Å²) < 4.78 is 66.7. The van der Waals surface area contributed by atoms with E-state index in [1.165, 1.54) is 18.7 Å². The molecule has 0 saturated carbocycles. The van der Waals surface area contributed by atoms with E-state index >= 15 is 0 Å². The van der Waals surface area contributed by atoms with Crippen LogP contribution < -0.4 is 0 Å². The summed E-state index contributed by atoms with van der Waals surface area (Å²) in [5.41, 5.74) is -1.93. The topological polar surface area (TPSA) is 174 Å². The summed E-state index contributed by atoms with van der Waals surface area (Å²) >= 11 is 0. The molecule has 0 spiro atoms. The van der Waals surface area contributed by atoms with Gasteiger partial charge in [-0.15, -0.1) is 0 Å². The number of ether oxygens (including phenoxy) is 5. The summed E-state index contributed by atoms with van der Waals surface area (Å²) in [4.78, 5) is 55.2. The first-order valence-electron chi connectivity index (χ1n) is 16.8. The van der Waals surface area contributed by atoms with Gasteiger partial charge in [0.15, 0.2) is 14.1 Å². The lowest BCUT2D eigenvalue weighted by molar-refractivity contribution is -0.179. The van der Waals surface area contributed by atoms with E-state index in [2.05, 4.69) is 0 Å². The average molecular weight is 753 g/mol. The third-order valence-electron chi connectivity index (χ3n) is 8.47. The maximum absolute atomic E-state index is 14.2. The molecule has 6 atom stereocenters. The van der Waals surface area contributed by atoms with Crippen LogP contribution in [0.15, 0.2) is 0 Å². The minimum absolute atomic E-state index is 0.155. The van der Waals surface area contributed by atoms with E-state index in [-0.39, 0.29) is 24.6 Å². The predicted molar refractivity (Wildman–Crippen MR) is 186 cm³/mol. The van der Waals surface area contributed by atoms with Gasteiger partial charge in [-0.05, 0) is 73.5 Å². The van der Waals surface area contributed by atoms with Gasteiger partial charge < -0.3 is 28.1 Å². The molecule has 0 aliphatic carbocycles. The monoisotopic (exact) mass is 752 g/mol. The van der Waals surface area contributed by atoms with E-state index in [1.807, 2.05) is 33.9 Å². The standard InChI is InChI=1S/C33H60N2O13SSi/c1-20(36)34(28(38)46-30(3,4)5)18-23-26-27(45-33(12,13)44-26)25(35(23)29(39)47-31(6,7)8)24(43-21(2)37)17-22(48-49(14,40)41)19-42-50(15,16)32(9,10)11/h22-27H,17-19H2,1-16H3/t22-,23-,24+,25-,26-,27+/m1/s1. The molecule has 0 aromatic heterocycles. The molecule has 15 nitrogen and oxygen atoms in total. The van der Waals surface area contributed by atoms with Crippen LogP contribution in [0.5, 0.6) is 0 Å². The van der Waals surface area contributed by atoms with Crippen LogP contribution >= 0.6 is 0 Å². The van der Waals surface area contributed by atoms with Crippen molar-refractivity contribution in [3.05, 3.63) is 0 Å². The van der Waals surface area contributed by atoms with Crippen LogP contribution in [0.3, 0.4) is 0 Å². The summed E-state index contributed by atoms with van der Waals surface area (Å²) in [5, 5.41) is -0.214. The number of nitrogens with zero attached hydrogens (tertiary/aromatic N) is 2. The minimum atomic E-state index is -4.04. The normalized spacial score (nSPS) is 23.9. The van der Waals surface area contributed by atoms with Gasteiger partial charge in [-0.25, -0.2) is 14.5 Å². The smallest absolute Gasteiger partial charge is 0.417 e. The highest BCUT2D eigenvalue weighted by atomic mass is 32.2. The van der Waals surface area contributed by atoms with Crippen molar-refractivity contribution in [2.24, 2.45) is 0 Å². The van der Waals surface area contributed by atoms with Gasteiger partial charge in [-0.3, -0.25) is 18.7 Å². The van der Waals surface area contributed by atoms with Gasteiger partial charge in [0, 0.05) is 20.3 Å². The Morgan fingerprint density at radius 3 is 1.86 bits per heavy atom. The summed E-state index contributed by atoms with van der Waals surface area (Å²) in [7, 11) is -6.45. The molecule has 2 heterocycles. The molecule has 0 aromatic carbocycles. The van der Waals surface area contributed by atoms with Crippen molar-refractivity contribution in [1.82, 2.24) is 9.80 Å². The second-order valence-electron chi connectivity index (χ2n) is 17.0. The number of amides is 3. The van der Waals surface area contributed by atoms with Crippen LogP contribution in [0.1, 0.15) is 96.4 Å². The van der Waals surface area contributed by atoms with E-state index in [9.17, 15) is 27.6 Å².